The quantitative estimate of drug-likeness (QED) is 0.773. The van der Waals surface area contributed by atoms with Crippen molar-refractivity contribution >= 4 is 12.0 Å². The number of carbonyl (C=O) groups is 2. The van der Waals surface area contributed by atoms with Gasteiger partial charge in [0, 0.05) is 6.54 Å². The number of amides is 2. The fourth-order valence-corrected chi connectivity index (χ4v) is 1.69. The number of alkyl carbamates (subject to hydrolysis) is 1. The molecule has 2 amide bonds. The number of carbonyl (C=O) groups excluding carboxylic acids is 2. The number of rotatable bonds is 5. The van der Waals surface area contributed by atoms with E-state index in [0.717, 1.165) is 5.56 Å². The van der Waals surface area contributed by atoms with Crippen LogP contribution in [0.2, 0.25) is 0 Å². The number of aliphatic hydroxyl groups is 1. The lowest BCUT2D eigenvalue weighted by Gasteiger charge is -2.22. The molecule has 0 spiro atoms. The zero-order valence-corrected chi connectivity index (χ0v) is 13.4. The molecular weight excluding hydrogens is 284 g/mol. The van der Waals surface area contributed by atoms with Crippen molar-refractivity contribution in [2.75, 3.05) is 6.54 Å². The highest BCUT2D eigenvalue weighted by Crippen LogP contribution is 2.10. The molecule has 3 N–H and O–H groups in total. The zero-order chi connectivity index (χ0) is 16.8. The lowest BCUT2D eigenvalue weighted by molar-refractivity contribution is -0.123. The van der Waals surface area contributed by atoms with Crippen molar-refractivity contribution < 1.29 is 19.4 Å². The summed E-state index contributed by atoms with van der Waals surface area (Å²) in [5.41, 5.74) is 0.0969. The van der Waals surface area contributed by atoms with E-state index in [0.29, 0.717) is 0 Å². The zero-order valence-electron chi connectivity index (χ0n) is 13.4. The van der Waals surface area contributed by atoms with Crippen LogP contribution in [0.3, 0.4) is 0 Å². The summed E-state index contributed by atoms with van der Waals surface area (Å²) < 4.78 is 5.07. The smallest absolute Gasteiger partial charge is 0.408 e. The van der Waals surface area contributed by atoms with E-state index in [-0.39, 0.29) is 12.5 Å². The fraction of sp³-hybridized carbons (Fsp3) is 0.500. The lowest BCUT2D eigenvalue weighted by atomic mass is 10.1. The summed E-state index contributed by atoms with van der Waals surface area (Å²) in [4.78, 5) is 23.5. The van der Waals surface area contributed by atoms with Gasteiger partial charge >= 0.3 is 6.09 Å². The molecule has 0 aliphatic rings. The normalized spacial score (nSPS) is 13.9. The third-order valence-electron chi connectivity index (χ3n) is 2.78. The van der Waals surface area contributed by atoms with Gasteiger partial charge in [-0.2, -0.15) is 0 Å². The average Bonchev–Trinajstić information content (AvgIpc) is 2.43. The summed E-state index contributed by atoms with van der Waals surface area (Å²) in [6.45, 7) is 6.85. The first-order valence-corrected chi connectivity index (χ1v) is 7.19. The molecular formula is C16H24N2O4. The number of hydrogen-bond acceptors (Lipinski definition) is 4. The summed E-state index contributed by atoms with van der Waals surface area (Å²) in [7, 11) is 0. The van der Waals surface area contributed by atoms with E-state index in [9.17, 15) is 14.7 Å². The fourth-order valence-electron chi connectivity index (χ4n) is 1.69. The molecule has 22 heavy (non-hydrogen) atoms. The minimum atomic E-state index is -0.793. The molecule has 1 aromatic rings. The predicted octanol–water partition coefficient (Wildman–Crippen LogP) is 1.75. The molecule has 1 rings (SSSR count). The Bertz CT molecular complexity index is 497. The lowest BCUT2D eigenvalue weighted by Crippen LogP contribution is -2.47. The maximum Gasteiger partial charge on any atom is 0.408 e. The maximum atomic E-state index is 11.9. The largest absolute Gasteiger partial charge is 0.444 e. The molecule has 0 saturated carbocycles. The minimum Gasteiger partial charge on any atom is -0.444 e. The average molecular weight is 308 g/mol. The number of ether oxygens (including phenoxy) is 1. The summed E-state index contributed by atoms with van der Waals surface area (Å²) in [5, 5.41) is 15.0. The van der Waals surface area contributed by atoms with Crippen molar-refractivity contribution in [2.45, 2.75) is 45.4 Å². The van der Waals surface area contributed by atoms with Crippen molar-refractivity contribution in [1.82, 2.24) is 10.6 Å². The van der Waals surface area contributed by atoms with Crippen molar-refractivity contribution in [3.63, 3.8) is 0 Å². The van der Waals surface area contributed by atoms with E-state index in [1.165, 1.54) is 0 Å². The van der Waals surface area contributed by atoms with E-state index in [1.54, 1.807) is 39.8 Å². The summed E-state index contributed by atoms with van der Waals surface area (Å²) in [6, 6.07) is 8.28. The highest BCUT2D eigenvalue weighted by atomic mass is 16.6. The molecule has 0 heterocycles. The standard InChI is InChI=1S/C16H24N2O4/c1-11(18-15(21)22-16(2,3)4)14(20)17-10-13(19)12-8-6-5-7-9-12/h5-9,11,13,19H,10H2,1-4H3,(H,17,20)(H,18,21). The Kier molecular flexibility index (Phi) is 6.37. The van der Waals surface area contributed by atoms with Gasteiger partial charge in [0.15, 0.2) is 0 Å². The molecule has 6 nitrogen and oxygen atoms in total. The topological polar surface area (TPSA) is 87.7 Å². The molecule has 2 unspecified atom stereocenters. The van der Waals surface area contributed by atoms with Crippen LogP contribution in [0.1, 0.15) is 39.4 Å². The molecule has 122 valence electrons. The second-order valence-electron chi connectivity index (χ2n) is 6.04. The van der Waals surface area contributed by atoms with Crippen LogP contribution in [-0.2, 0) is 9.53 Å². The number of benzene rings is 1. The van der Waals surface area contributed by atoms with Gasteiger partial charge in [-0.1, -0.05) is 30.3 Å². The second kappa shape index (κ2) is 7.79. The van der Waals surface area contributed by atoms with Gasteiger partial charge in [-0.15, -0.1) is 0 Å². The van der Waals surface area contributed by atoms with Crippen LogP contribution >= 0.6 is 0 Å². The number of hydrogen-bond donors (Lipinski definition) is 3. The highest BCUT2D eigenvalue weighted by molar-refractivity contribution is 5.85. The Balaban J connectivity index is 2.40. The molecule has 6 heteroatoms. The molecule has 0 fully saturated rings. The van der Waals surface area contributed by atoms with Gasteiger partial charge in [0.05, 0.1) is 6.10 Å². The van der Waals surface area contributed by atoms with Gasteiger partial charge < -0.3 is 20.5 Å². The number of nitrogens with one attached hydrogen (secondary N) is 2. The maximum absolute atomic E-state index is 11.9. The molecule has 1 aromatic carbocycles. The third kappa shape index (κ3) is 6.58. The van der Waals surface area contributed by atoms with Crippen molar-refractivity contribution in [3.8, 4) is 0 Å². The van der Waals surface area contributed by atoms with E-state index >= 15 is 0 Å². The van der Waals surface area contributed by atoms with Crippen molar-refractivity contribution in [3.05, 3.63) is 35.9 Å². The monoisotopic (exact) mass is 308 g/mol. The Morgan fingerprint density at radius 3 is 2.36 bits per heavy atom. The van der Waals surface area contributed by atoms with Gasteiger partial charge in [-0.25, -0.2) is 4.79 Å². The first kappa shape index (κ1) is 18.0. The van der Waals surface area contributed by atoms with Crippen LogP contribution in [-0.4, -0.2) is 35.3 Å². The van der Waals surface area contributed by atoms with Gasteiger partial charge in [0.25, 0.3) is 0 Å². The van der Waals surface area contributed by atoms with Gasteiger partial charge in [0.2, 0.25) is 5.91 Å². The molecule has 0 radical (unpaired) electrons. The van der Waals surface area contributed by atoms with Crippen LogP contribution in [0.4, 0.5) is 4.79 Å². The Morgan fingerprint density at radius 1 is 1.23 bits per heavy atom. The minimum absolute atomic E-state index is 0.0726. The van der Waals surface area contributed by atoms with E-state index < -0.39 is 23.8 Å². The molecule has 2 atom stereocenters. The third-order valence-corrected chi connectivity index (χ3v) is 2.78. The first-order chi connectivity index (χ1) is 10.2. The summed E-state index contributed by atoms with van der Waals surface area (Å²) in [5.74, 6) is -0.388. The van der Waals surface area contributed by atoms with E-state index in [4.69, 9.17) is 4.74 Å². The van der Waals surface area contributed by atoms with Gasteiger partial charge in [-0.3, -0.25) is 4.79 Å². The summed E-state index contributed by atoms with van der Waals surface area (Å²) in [6.07, 6.45) is -1.45. The van der Waals surface area contributed by atoms with E-state index in [2.05, 4.69) is 10.6 Å². The van der Waals surface area contributed by atoms with Crippen molar-refractivity contribution in [2.24, 2.45) is 0 Å². The highest BCUT2D eigenvalue weighted by Gasteiger charge is 2.21. The predicted molar refractivity (Wildman–Crippen MR) is 83.2 cm³/mol. The Labute approximate surface area is 130 Å². The molecule has 0 aliphatic carbocycles. The van der Waals surface area contributed by atoms with Crippen molar-refractivity contribution in [1.29, 1.82) is 0 Å². The molecule has 0 saturated heterocycles. The second-order valence-corrected chi connectivity index (χ2v) is 6.04. The van der Waals surface area contributed by atoms with Crippen LogP contribution < -0.4 is 10.6 Å². The Hall–Kier alpha value is -2.08. The van der Waals surface area contributed by atoms with Gasteiger partial charge in [-0.05, 0) is 33.3 Å². The molecule has 0 aliphatic heterocycles. The van der Waals surface area contributed by atoms with E-state index in [1.807, 2.05) is 18.2 Å². The van der Waals surface area contributed by atoms with Crippen LogP contribution in [0.15, 0.2) is 30.3 Å². The van der Waals surface area contributed by atoms with Crippen LogP contribution in [0.25, 0.3) is 0 Å². The van der Waals surface area contributed by atoms with Gasteiger partial charge in [0.1, 0.15) is 11.6 Å². The molecule has 0 aromatic heterocycles. The molecule has 0 bridgehead atoms. The van der Waals surface area contributed by atoms with Crippen LogP contribution in [0, 0.1) is 0 Å². The number of aliphatic hydroxyl groups excluding tert-OH is 1. The Morgan fingerprint density at radius 2 is 1.82 bits per heavy atom. The SMILES string of the molecule is CC(NC(=O)OC(C)(C)C)C(=O)NCC(O)c1ccccc1. The van der Waals surface area contributed by atoms with Crippen LogP contribution in [0.5, 0.6) is 0 Å². The summed E-state index contributed by atoms with van der Waals surface area (Å²) >= 11 is 0. The first-order valence-electron chi connectivity index (χ1n) is 7.19.